The van der Waals surface area contributed by atoms with Gasteiger partial charge in [-0.25, -0.2) is 0 Å². The van der Waals surface area contributed by atoms with Crippen molar-refractivity contribution in [2.75, 3.05) is 25.6 Å². The number of amides is 1. The summed E-state index contributed by atoms with van der Waals surface area (Å²) in [7, 11) is 1.63. The molecular formula is C15H22N2O3. The van der Waals surface area contributed by atoms with Gasteiger partial charge >= 0.3 is 0 Å². The fourth-order valence-electron chi connectivity index (χ4n) is 2.02. The highest BCUT2D eigenvalue weighted by Crippen LogP contribution is 2.32. The predicted octanol–water partition coefficient (Wildman–Crippen LogP) is 1.78. The molecule has 1 saturated carbocycles. The van der Waals surface area contributed by atoms with Gasteiger partial charge < -0.3 is 20.5 Å². The maximum absolute atomic E-state index is 11.9. The fraction of sp³-hybridized carbons (Fsp3) is 0.533. The standard InChI is InChI=1S/C15H22N2O3/c1-19-7-8-20-13-4-2-3-12(9-13)17-15(18)10-14(16)11-5-6-11/h2-4,9,11,14H,5-8,10,16H2,1H3,(H,17,18). The van der Waals surface area contributed by atoms with Crippen molar-refractivity contribution in [3.05, 3.63) is 24.3 Å². The molecule has 0 radical (unpaired) electrons. The molecule has 110 valence electrons. The van der Waals surface area contributed by atoms with E-state index in [1.54, 1.807) is 13.2 Å². The maximum atomic E-state index is 11.9. The molecule has 0 bridgehead atoms. The Hall–Kier alpha value is -1.59. The molecule has 20 heavy (non-hydrogen) atoms. The van der Waals surface area contributed by atoms with Crippen molar-refractivity contribution in [3.8, 4) is 5.75 Å². The zero-order valence-corrected chi connectivity index (χ0v) is 11.8. The number of methoxy groups -OCH3 is 1. The van der Waals surface area contributed by atoms with Gasteiger partial charge in [0, 0.05) is 31.3 Å². The number of hydrogen-bond donors (Lipinski definition) is 2. The number of carbonyl (C=O) groups is 1. The molecule has 1 aliphatic rings. The largest absolute Gasteiger partial charge is 0.491 e. The zero-order chi connectivity index (χ0) is 14.4. The molecule has 0 aliphatic heterocycles. The predicted molar refractivity (Wildman–Crippen MR) is 77.8 cm³/mol. The molecule has 0 heterocycles. The van der Waals surface area contributed by atoms with Crippen LogP contribution < -0.4 is 15.8 Å². The second-order valence-electron chi connectivity index (χ2n) is 5.12. The Balaban J connectivity index is 1.81. The molecule has 1 aliphatic carbocycles. The van der Waals surface area contributed by atoms with Gasteiger partial charge in [0.2, 0.25) is 5.91 Å². The molecule has 1 fully saturated rings. The molecule has 0 aromatic heterocycles. The number of ether oxygens (including phenoxy) is 2. The SMILES string of the molecule is COCCOc1cccc(NC(=O)CC(N)C2CC2)c1. The van der Waals surface area contributed by atoms with Gasteiger partial charge in [-0.3, -0.25) is 4.79 Å². The van der Waals surface area contributed by atoms with E-state index in [0.717, 1.165) is 18.5 Å². The number of benzene rings is 1. The van der Waals surface area contributed by atoms with Gasteiger partial charge in [-0.1, -0.05) is 6.07 Å². The average Bonchev–Trinajstić information content (AvgIpc) is 3.23. The first kappa shape index (κ1) is 14.8. The van der Waals surface area contributed by atoms with Gasteiger partial charge in [0.1, 0.15) is 12.4 Å². The van der Waals surface area contributed by atoms with Crippen molar-refractivity contribution in [1.29, 1.82) is 0 Å². The van der Waals surface area contributed by atoms with Crippen LogP contribution in [0.15, 0.2) is 24.3 Å². The topological polar surface area (TPSA) is 73.6 Å². The van der Waals surface area contributed by atoms with Crippen LogP contribution in [0.5, 0.6) is 5.75 Å². The minimum Gasteiger partial charge on any atom is -0.491 e. The Labute approximate surface area is 119 Å². The van der Waals surface area contributed by atoms with Crippen LogP contribution in [0, 0.1) is 5.92 Å². The quantitative estimate of drug-likeness (QED) is 0.711. The minimum absolute atomic E-state index is 0.0175. The average molecular weight is 278 g/mol. The van der Waals surface area contributed by atoms with Crippen LogP contribution in [-0.2, 0) is 9.53 Å². The van der Waals surface area contributed by atoms with Crippen molar-refractivity contribution >= 4 is 11.6 Å². The smallest absolute Gasteiger partial charge is 0.225 e. The lowest BCUT2D eigenvalue weighted by atomic mass is 10.1. The highest BCUT2D eigenvalue weighted by Gasteiger charge is 2.29. The van der Waals surface area contributed by atoms with Gasteiger partial charge in [0.25, 0.3) is 0 Å². The lowest BCUT2D eigenvalue weighted by Crippen LogP contribution is -2.28. The Morgan fingerprint density at radius 1 is 1.45 bits per heavy atom. The fourth-order valence-corrected chi connectivity index (χ4v) is 2.02. The first-order chi connectivity index (χ1) is 9.69. The second kappa shape index (κ2) is 7.26. The molecule has 1 amide bonds. The monoisotopic (exact) mass is 278 g/mol. The third-order valence-electron chi connectivity index (χ3n) is 3.32. The Morgan fingerprint density at radius 3 is 2.95 bits per heavy atom. The van der Waals surface area contributed by atoms with E-state index in [0.29, 0.717) is 31.3 Å². The molecule has 2 rings (SSSR count). The molecule has 1 aromatic rings. The van der Waals surface area contributed by atoms with Gasteiger partial charge in [0.05, 0.1) is 6.61 Å². The van der Waals surface area contributed by atoms with E-state index in [1.807, 2.05) is 18.2 Å². The summed E-state index contributed by atoms with van der Waals surface area (Å²) >= 11 is 0. The number of nitrogens with one attached hydrogen (secondary N) is 1. The first-order valence-electron chi connectivity index (χ1n) is 6.96. The van der Waals surface area contributed by atoms with E-state index in [4.69, 9.17) is 15.2 Å². The number of hydrogen-bond acceptors (Lipinski definition) is 4. The molecule has 0 spiro atoms. The van der Waals surface area contributed by atoms with Crippen LogP contribution in [0.4, 0.5) is 5.69 Å². The van der Waals surface area contributed by atoms with Crippen molar-refractivity contribution in [2.24, 2.45) is 11.7 Å². The normalized spacial score (nSPS) is 15.7. The van der Waals surface area contributed by atoms with Crippen molar-refractivity contribution in [2.45, 2.75) is 25.3 Å². The molecule has 1 atom stereocenters. The van der Waals surface area contributed by atoms with Crippen molar-refractivity contribution in [3.63, 3.8) is 0 Å². The number of nitrogens with two attached hydrogens (primary N) is 1. The molecule has 5 nitrogen and oxygen atoms in total. The van der Waals surface area contributed by atoms with Gasteiger partial charge in [-0.05, 0) is 30.9 Å². The summed E-state index contributed by atoms with van der Waals surface area (Å²) in [5.74, 6) is 1.20. The molecular weight excluding hydrogens is 256 g/mol. The van der Waals surface area contributed by atoms with E-state index in [9.17, 15) is 4.79 Å². The van der Waals surface area contributed by atoms with Crippen LogP contribution in [-0.4, -0.2) is 32.3 Å². The first-order valence-corrected chi connectivity index (χ1v) is 6.96. The Morgan fingerprint density at radius 2 is 2.25 bits per heavy atom. The van der Waals surface area contributed by atoms with Crippen LogP contribution in [0.2, 0.25) is 0 Å². The van der Waals surface area contributed by atoms with Gasteiger partial charge in [0.15, 0.2) is 0 Å². The van der Waals surface area contributed by atoms with Crippen LogP contribution in [0.3, 0.4) is 0 Å². The summed E-state index contributed by atoms with van der Waals surface area (Å²) in [5, 5.41) is 2.86. The third kappa shape index (κ3) is 4.83. The Kier molecular flexibility index (Phi) is 5.38. The highest BCUT2D eigenvalue weighted by atomic mass is 16.5. The summed E-state index contributed by atoms with van der Waals surface area (Å²) in [6.07, 6.45) is 2.67. The molecule has 3 N–H and O–H groups in total. The lowest BCUT2D eigenvalue weighted by Gasteiger charge is -2.11. The molecule has 5 heteroatoms. The summed E-state index contributed by atoms with van der Waals surface area (Å²) in [6, 6.07) is 7.32. The molecule has 1 aromatic carbocycles. The summed E-state index contributed by atoms with van der Waals surface area (Å²) in [5.41, 5.74) is 6.67. The van der Waals surface area contributed by atoms with E-state index >= 15 is 0 Å². The zero-order valence-electron chi connectivity index (χ0n) is 11.8. The Bertz CT molecular complexity index is 446. The second-order valence-corrected chi connectivity index (χ2v) is 5.12. The summed E-state index contributed by atoms with van der Waals surface area (Å²) < 4.78 is 10.4. The van der Waals surface area contributed by atoms with E-state index in [-0.39, 0.29) is 11.9 Å². The summed E-state index contributed by atoms with van der Waals surface area (Å²) in [6.45, 7) is 1.02. The van der Waals surface area contributed by atoms with Crippen LogP contribution in [0.1, 0.15) is 19.3 Å². The number of anilines is 1. The minimum atomic E-state index is -0.0431. The lowest BCUT2D eigenvalue weighted by molar-refractivity contribution is -0.116. The molecule has 1 unspecified atom stereocenters. The van der Waals surface area contributed by atoms with Crippen molar-refractivity contribution in [1.82, 2.24) is 0 Å². The van der Waals surface area contributed by atoms with E-state index < -0.39 is 0 Å². The third-order valence-corrected chi connectivity index (χ3v) is 3.32. The highest BCUT2D eigenvalue weighted by molar-refractivity contribution is 5.91. The summed E-state index contributed by atoms with van der Waals surface area (Å²) in [4.78, 5) is 11.9. The van der Waals surface area contributed by atoms with Crippen LogP contribution >= 0.6 is 0 Å². The maximum Gasteiger partial charge on any atom is 0.225 e. The van der Waals surface area contributed by atoms with E-state index in [1.165, 1.54) is 0 Å². The van der Waals surface area contributed by atoms with Crippen molar-refractivity contribution < 1.29 is 14.3 Å². The number of rotatable bonds is 8. The van der Waals surface area contributed by atoms with E-state index in [2.05, 4.69) is 5.32 Å². The molecule has 0 saturated heterocycles. The van der Waals surface area contributed by atoms with Gasteiger partial charge in [-0.2, -0.15) is 0 Å². The number of carbonyl (C=O) groups excluding carboxylic acids is 1. The van der Waals surface area contributed by atoms with Gasteiger partial charge in [-0.15, -0.1) is 0 Å². The van der Waals surface area contributed by atoms with Crippen LogP contribution in [0.25, 0.3) is 0 Å².